The van der Waals surface area contributed by atoms with E-state index in [1.807, 2.05) is 48.5 Å². The summed E-state index contributed by atoms with van der Waals surface area (Å²) < 4.78 is 0. The molecule has 0 bridgehead atoms. The Labute approximate surface area is 148 Å². The van der Waals surface area contributed by atoms with Crippen molar-refractivity contribution in [3.05, 3.63) is 106 Å². The van der Waals surface area contributed by atoms with Crippen molar-refractivity contribution in [2.75, 3.05) is 0 Å². The van der Waals surface area contributed by atoms with E-state index < -0.39 is 0 Å². The van der Waals surface area contributed by atoms with E-state index in [0.717, 1.165) is 22.3 Å². The third kappa shape index (κ3) is 4.39. The lowest BCUT2D eigenvalue weighted by Gasteiger charge is -1.96. The first-order valence-corrected chi connectivity index (χ1v) is 7.94. The monoisotopic (exact) mass is 317 g/mol. The SMILES string of the molecule is Cc1ccc(C#Cc2ccccc2C#Cc2ccc(C#N)cc2)cc1. The van der Waals surface area contributed by atoms with Crippen molar-refractivity contribution in [1.82, 2.24) is 0 Å². The van der Waals surface area contributed by atoms with Crippen molar-refractivity contribution < 1.29 is 0 Å². The van der Waals surface area contributed by atoms with Gasteiger partial charge in [0.15, 0.2) is 0 Å². The first-order valence-electron chi connectivity index (χ1n) is 7.94. The van der Waals surface area contributed by atoms with Gasteiger partial charge in [0.05, 0.1) is 11.6 Å². The second-order valence-corrected chi connectivity index (χ2v) is 5.60. The van der Waals surface area contributed by atoms with Crippen LogP contribution in [-0.4, -0.2) is 0 Å². The Morgan fingerprint density at radius 3 is 1.48 bits per heavy atom. The molecular formula is C24H15N. The molecule has 116 valence electrons. The summed E-state index contributed by atoms with van der Waals surface area (Å²) in [5.41, 5.74) is 5.52. The highest BCUT2D eigenvalue weighted by Gasteiger charge is 1.95. The molecule has 3 rings (SSSR count). The molecule has 0 heterocycles. The third-order valence-electron chi connectivity index (χ3n) is 3.68. The molecule has 0 unspecified atom stereocenters. The lowest BCUT2D eigenvalue weighted by molar-refractivity contribution is 1.46. The van der Waals surface area contributed by atoms with Crippen molar-refractivity contribution in [1.29, 1.82) is 5.26 Å². The Morgan fingerprint density at radius 2 is 1.00 bits per heavy atom. The maximum atomic E-state index is 8.84. The lowest BCUT2D eigenvalue weighted by Crippen LogP contribution is -1.84. The molecule has 0 aliphatic heterocycles. The van der Waals surface area contributed by atoms with E-state index in [2.05, 4.69) is 48.8 Å². The molecule has 3 aromatic carbocycles. The number of rotatable bonds is 0. The van der Waals surface area contributed by atoms with E-state index >= 15 is 0 Å². The average molecular weight is 317 g/mol. The average Bonchev–Trinajstić information content (AvgIpc) is 2.67. The molecular weight excluding hydrogens is 302 g/mol. The van der Waals surface area contributed by atoms with Gasteiger partial charge in [-0.3, -0.25) is 0 Å². The molecule has 0 aromatic heterocycles. The summed E-state index contributed by atoms with van der Waals surface area (Å²) in [5.74, 6) is 12.7. The highest BCUT2D eigenvalue weighted by atomic mass is 14.2. The fourth-order valence-corrected chi connectivity index (χ4v) is 2.25. The van der Waals surface area contributed by atoms with E-state index in [1.54, 1.807) is 12.1 Å². The van der Waals surface area contributed by atoms with Gasteiger partial charge in [-0.15, -0.1) is 0 Å². The van der Waals surface area contributed by atoms with Crippen LogP contribution in [0.1, 0.15) is 33.4 Å². The van der Waals surface area contributed by atoms with Gasteiger partial charge in [-0.25, -0.2) is 0 Å². The van der Waals surface area contributed by atoms with Crippen LogP contribution in [-0.2, 0) is 0 Å². The molecule has 3 aromatic rings. The van der Waals surface area contributed by atoms with E-state index in [1.165, 1.54) is 5.56 Å². The minimum atomic E-state index is 0.634. The van der Waals surface area contributed by atoms with E-state index in [0.29, 0.717) is 5.56 Å². The standard InChI is InChI=1S/C24H15N/c1-19-6-8-20(9-7-19)14-16-23-4-2-3-5-24(23)17-15-21-10-12-22(18-25)13-11-21/h2-13H,1H3. The van der Waals surface area contributed by atoms with Gasteiger partial charge in [-0.05, 0) is 55.5 Å². The van der Waals surface area contributed by atoms with Gasteiger partial charge in [-0.2, -0.15) is 5.26 Å². The topological polar surface area (TPSA) is 23.8 Å². The number of nitriles is 1. The van der Waals surface area contributed by atoms with Crippen LogP contribution in [0, 0.1) is 41.9 Å². The molecule has 0 saturated heterocycles. The van der Waals surface area contributed by atoms with Crippen molar-refractivity contribution >= 4 is 0 Å². The maximum absolute atomic E-state index is 8.84. The second kappa shape index (κ2) is 7.70. The second-order valence-electron chi connectivity index (χ2n) is 5.60. The van der Waals surface area contributed by atoms with Crippen LogP contribution in [0.3, 0.4) is 0 Å². The molecule has 0 N–H and O–H groups in total. The van der Waals surface area contributed by atoms with Crippen LogP contribution in [0.2, 0.25) is 0 Å². The zero-order valence-corrected chi connectivity index (χ0v) is 13.9. The van der Waals surface area contributed by atoms with E-state index in [-0.39, 0.29) is 0 Å². The predicted molar refractivity (Wildman–Crippen MR) is 101 cm³/mol. The molecule has 25 heavy (non-hydrogen) atoms. The first kappa shape index (κ1) is 16.1. The number of nitrogens with zero attached hydrogens (tertiary/aromatic N) is 1. The molecule has 0 aliphatic rings. The Kier molecular flexibility index (Phi) is 4.97. The highest BCUT2D eigenvalue weighted by Crippen LogP contribution is 2.08. The molecule has 0 radical (unpaired) electrons. The number of hydrogen-bond acceptors (Lipinski definition) is 1. The summed E-state index contributed by atoms with van der Waals surface area (Å²) in [6.07, 6.45) is 0. The van der Waals surface area contributed by atoms with Crippen LogP contribution in [0.15, 0.2) is 72.8 Å². The van der Waals surface area contributed by atoms with Crippen LogP contribution in [0.5, 0.6) is 0 Å². The van der Waals surface area contributed by atoms with Gasteiger partial charge in [-0.1, -0.05) is 53.5 Å². The number of benzene rings is 3. The van der Waals surface area contributed by atoms with Gasteiger partial charge < -0.3 is 0 Å². The molecule has 1 nitrogen and oxygen atoms in total. The minimum absolute atomic E-state index is 0.634. The summed E-state index contributed by atoms with van der Waals surface area (Å²) in [6.45, 7) is 2.06. The number of hydrogen-bond donors (Lipinski definition) is 0. The van der Waals surface area contributed by atoms with Gasteiger partial charge in [0, 0.05) is 22.3 Å². The Bertz CT molecular complexity index is 1040. The quantitative estimate of drug-likeness (QED) is 0.553. The normalized spacial score (nSPS) is 9.12. The Hall–Kier alpha value is -3.73. The van der Waals surface area contributed by atoms with Crippen molar-refractivity contribution in [3.63, 3.8) is 0 Å². The molecule has 0 fully saturated rings. The summed E-state index contributed by atoms with van der Waals surface area (Å²) in [4.78, 5) is 0. The molecule has 0 aliphatic carbocycles. The van der Waals surface area contributed by atoms with Crippen LogP contribution < -0.4 is 0 Å². The van der Waals surface area contributed by atoms with Crippen molar-refractivity contribution in [2.24, 2.45) is 0 Å². The van der Waals surface area contributed by atoms with Gasteiger partial charge in [0.25, 0.3) is 0 Å². The molecule has 1 heteroatoms. The summed E-state index contributed by atoms with van der Waals surface area (Å²) in [7, 11) is 0. The summed E-state index contributed by atoms with van der Waals surface area (Å²) in [5, 5.41) is 8.84. The Balaban J connectivity index is 1.88. The molecule has 0 amide bonds. The zero-order valence-electron chi connectivity index (χ0n) is 13.9. The predicted octanol–water partition coefficient (Wildman–Crippen LogP) is 4.67. The highest BCUT2D eigenvalue weighted by molar-refractivity contribution is 5.54. The van der Waals surface area contributed by atoms with Crippen LogP contribution in [0.4, 0.5) is 0 Å². The van der Waals surface area contributed by atoms with E-state index in [9.17, 15) is 0 Å². The Morgan fingerprint density at radius 1 is 0.560 bits per heavy atom. The van der Waals surface area contributed by atoms with Crippen molar-refractivity contribution in [3.8, 4) is 29.8 Å². The van der Waals surface area contributed by atoms with Crippen LogP contribution >= 0.6 is 0 Å². The van der Waals surface area contributed by atoms with E-state index in [4.69, 9.17) is 5.26 Å². The fourth-order valence-electron chi connectivity index (χ4n) is 2.25. The largest absolute Gasteiger partial charge is 0.192 e. The van der Waals surface area contributed by atoms with Crippen molar-refractivity contribution in [2.45, 2.75) is 6.92 Å². The minimum Gasteiger partial charge on any atom is -0.192 e. The fraction of sp³-hybridized carbons (Fsp3) is 0.0417. The maximum Gasteiger partial charge on any atom is 0.0991 e. The first-order chi connectivity index (χ1) is 12.2. The molecule has 0 saturated carbocycles. The van der Waals surface area contributed by atoms with Gasteiger partial charge in [0.2, 0.25) is 0 Å². The van der Waals surface area contributed by atoms with Crippen LogP contribution in [0.25, 0.3) is 0 Å². The molecule has 0 atom stereocenters. The smallest absolute Gasteiger partial charge is 0.0991 e. The summed E-state index contributed by atoms with van der Waals surface area (Å²) >= 11 is 0. The lowest BCUT2D eigenvalue weighted by atomic mass is 10.1. The molecule has 0 spiro atoms. The van der Waals surface area contributed by atoms with Gasteiger partial charge in [0.1, 0.15) is 0 Å². The van der Waals surface area contributed by atoms with Gasteiger partial charge >= 0.3 is 0 Å². The zero-order chi connectivity index (χ0) is 17.5. The number of aryl methyl sites for hydroxylation is 1. The third-order valence-corrected chi connectivity index (χ3v) is 3.68. The summed E-state index contributed by atoms with van der Waals surface area (Å²) in [6, 6.07) is 25.4.